The summed E-state index contributed by atoms with van der Waals surface area (Å²) in [7, 11) is -9.94. The first-order chi connectivity index (χ1) is 50.0. The molecular formula is C84H160O17P2. The van der Waals surface area contributed by atoms with Gasteiger partial charge in [-0.05, 0) is 57.3 Å². The molecule has 0 rings (SSSR count). The maximum Gasteiger partial charge on any atom is 0.472 e. The monoisotopic (exact) mass is 1500 g/mol. The van der Waals surface area contributed by atoms with Gasteiger partial charge in [0, 0.05) is 25.7 Å². The van der Waals surface area contributed by atoms with Gasteiger partial charge in [0.15, 0.2) is 12.2 Å². The smallest absolute Gasteiger partial charge is 0.462 e. The Morgan fingerprint density at radius 1 is 0.301 bits per heavy atom. The van der Waals surface area contributed by atoms with Crippen LogP contribution < -0.4 is 0 Å². The molecule has 103 heavy (non-hydrogen) atoms. The van der Waals surface area contributed by atoms with Gasteiger partial charge in [-0.2, -0.15) is 0 Å². The number of allylic oxidation sites excluding steroid dienone is 4. The van der Waals surface area contributed by atoms with Gasteiger partial charge in [-0.3, -0.25) is 37.3 Å². The lowest BCUT2D eigenvalue weighted by Crippen LogP contribution is -2.30. The van der Waals surface area contributed by atoms with Crippen molar-refractivity contribution in [2.75, 3.05) is 39.6 Å². The Balaban J connectivity index is 5.26. The molecule has 0 saturated carbocycles. The summed E-state index contributed by atoms with van der Waals surface area (Å²) in [6.45, 7) is 7.24. The average Bonchev–Trinajstić information content (AvgIpc) is 0.920. The van der Waals surface area contributed by atoms with Gasteiger partial charge in [0.25, 0.3) is 0 Å². The second-order valence-electron chi connectivity index (χ2n) is 30.0. The molecule has 0 aromatic rings. The summed E-state index contributed by atoms with van der Waals surface area (Å²) in [6, 6.07) is 0. The molecule has 0 amide bonds. The molecule has 0 spiro atoms. The van der Waals surface area contributed by atoms with Gasteiger partial charge in [0.2, 0.25) is 0 Å². The highest BCUT2D eigenvalue weighted by molar-refractivity contribution is 7.47. The molecule has 0 saturated heterocycles. The van der Waals surface area contributed by atoms with E-state index in [9.17, 15) is 43.2 Å². The highest BCUT2D eigenvalue weighted by Crippen LogP contribution is 2.45. The van der Waals surface area contributed by atoms with Crippen molar-refractivity contribution < 1.29 is 80.2 Å². The molecule has 2 unspecified atom stereocenters. The lowest BCUT2D eigenvalue weighted by molar-refractivity contribution is -0.161. The van der Waals surface area contributed by atoms with Crippen molar-refractivity contribution in [1.82, 2.24) is 0 Å². The van der Waals surface area contributed by atoms with Crippen LogP contribution in [-0.4, -0.2) is 96.7 Å². The van der Waals surface area contributed by atoms with E-state index in [-0.39, 0.29) is 25.7 Å². The zero-order valence-electron chi connectivity index (χ0n) is 66.9. The number of carbonyl (C=O) groups is 4. The summed E-state index contributed by atoms with van der Waals surface area (Å²) in [6.07, 6.45) is 71.7. The Labute approximate surface area is 631 Å². The van der Waals surface area contributed by atoms with Gasteiger partial charge in [-0.25, -0.2) is 9.13 Å². The third kappa shape index (κ3) is 77.5. The SMILES string of the molecule is CCCCCC/C=C\C=C/CCCCCCCC(=O)O[C@H](COC(=O)CCCCCCCCCCC(C)C)COP(=O)(O)OC[C@H](O)COP(=O)(O)OC[C@@H](COC(=O)CCCCCCCCCCCCCCCCCC)OC(=O)CCCCCCCCCCCCCCCCCCCCCCC. The normalized spacial score (nSPS) is 14.0. The van der Waals surface area contributed by atoms with Crippen LogP contribution in [0.4, 0.5) is 0 Å². The molecule has 0 aliphatic rings. The third-order valence-electron chi connectivity index (χ3n) is 19.2. The summed E-state index contributed by atoms with van der Waals surface area (Å²) in [5.74, 6) is -1.41. The molecule has 0 aliphatic carbocycles. The number of hydrogen-bond donors (Lipinski definition) is 3. The Bertz CT molecular complexity index is 2060. The average molecular weight is 1500 g/mol. The molecule has 0 heterocycles. The summed E-state index contributed by atoms with van der Waals surface area (Å²) in [4.78, 5) is 73.1. The highest BCUT2D eigenvalue weighted by Gasteiger charge is 2.30. The van der Waals surface area contributed by atoms with E-state index in [1.165, 1.54) is 238 Å². The molecule has 0 aromatic heterocycles. The second-order valence-corrected chi connectivity index (χ2v) is 32.9. The van der Waals surface area contributed by atoms with E-state index in [2.05, 4.69) is 58.9 Å². The number of rotatable bonds is 82. The van der Waals surface area contributed by atoms with Crippen molar-refractivity contribution in [1.29, 1.82) is 0 Å². The van der Waals surface area contributed by atoms with E-state index in [0.717, 1.165) is 109 Å². The Hall–Kier alpha value is -2.46. The van der Waals surface area contributed by atoms with Crippen LogP contribution in [-0.2, 0) is 65.4 Å². The molecule has 0 aliphatic heterocycles. The van der Waals surface area contributed by atoms with Crippen LogP contribution in [0.2, 0.25) is 0 Å². The first-order valence-electron chi connectivity index (χ1n) is 43.0. The van der Waals surface area contributed by atoms with Gasteiger partial charge in [-0.1, -0.05) is 374 Å². The lowest BCUT2D eigenvalue weighted by atomic mass is 10.0. The number of phosphoric acid groups is 2. The van der Waals surface area contributed by atoms with Crippen LogP contribution in [0, 0.1) is 5.92 Å². The number of ether oxygens (including phenoxy) is 4. The van der Waals surface area contributed by atoms with Crippen LogP contribution in [0.5, 0.6) is 0 Å². The Kier molecular flexibility index (Phi) is 74.5. The molecule has 0 aromatic carbocycles. The van der Waals surface area contributed by atoms with Crippen molar-refractivity contribution in [3.05, 3.63) is 24.3 Å². The summed E-state index contributed by atoms with van der Waals surface area (Å²) in [5, 5.41) is 10.7. The topological polar surface area (TPSA) is 237 Å². The van der Waals surface area contributed by atoms with E-state index >= 15 is 0 Å². The molecule has 0 fully saturated rings. The van der Waals surface area contributed by atoms with Gasteiger partial charge in [-0.15, -0.1) is 0 Å². The number of esters is 4. The van der Waals surface area contributed by atoms with Crippen LogP contribution in [0.3, 0.4) is 0 Å². The van der Waals surface area contributed by atoms with Crippen LogP contribution in [0.1, 0.15) is 426 Å². The van der Waals surface area contributed by atoms with Gasteiger partial charge < -0.3 is 33.8 Å². The maximum absolute atomic E-state index is 13.1. The molecule has 0 bridgehead atoms. The van der Waals surface area contributed by atoms with Crippen molar-refractivity contribution in [3.63, 3.8) is 0 Å². The van der Waals surface area contributed by atoms with E-state index in [1.54, 1.807) is 0 Å². The maximum atomic E-state index is 13.1. The lowest BCUT2D eigenvalue weighted by Gasteiger charge is -2.21. The van der Waals surface area contributed by atoms with Crippen molar-refractivity contribution in [3.8, 4) is 0 Å². The van der Waals surface area contributed by atoms with Crippen LogP contribution in [0.25, 0.3) is 0 Å². The second kappa shape index (κ2) is 76.3. The van der Waals surface area contributed by atoms with Gasteiger partial charge in [0.1, 0.15) is 19.3 Å². The number of aliphatic hydroxyl groups excluding tert-OH is 1. The minimum atomic E-state index is -4.97. The van der Waals surface area contributed by atoms with Gasteiger partial charge in [0.05, 0.1) is 26.4 Å². The zero-order chi connectivity index (χ0) is 75.5. The molecule has 3 N–H and O–H groups in total. The molecule has 17 nitrogen and oxygen atoms in total. The number of hydrogen-bond acceptors (Lipinski definition) is 15. The third-order valence-corrected chi connectivity index (χ3v) is 21.1. The van der Waals surface area contributed by atoms with E-state index in [1.807, 2.05) is 0 Å². The van der Waals surface area contributed by atoms with E-state index < -0.39 is 97.5 Å². The fourth-order valence-electron chi connectivity index (χ4n) is 12.6. The quantitative estimate of drug-likeness (QED) is 0.0169. The Morgan fingerprint density at radius 3 is 0.796 bits per heavy atom. The van der Waals surface area contributed by atoms with Gasteiger partial charge >= 0.3 is 39.5 Å². The van der Waals surface area contributed by atoms with Crippen molar-refractivity contribution in [2.24, 2.45) is 5.92 Å². The number of unbranched alkanes of at least 4 members (excludes halogenated alkanes) is 51. The molecule has 608 valence electrons. The molecule has 0 radical (unpaired) electrons. The largest absolute Gasteiger partial charge is 0.472 e. The number of phosphoric ester groups is 2. The minimum Gasteiger partial charge on any atom is -0.462 e. The zero-order valence-corrected chi connectivity index (χ0v) is 68.7. The summed E-state index contributed by atoms with van der Waals surface area (Å²) in [5.41, 5.74) is 0. The number of carbonyl (C=O) groups excluding carboxylic acids is 4. The first-order valence-corrected chi connectivity index (χ1v) is 45.9. The predicted octanol–water partition coefficient (Wildman–Crippen LogP) is 25.1. The standard InChI is InChI=1S/C84H160O17P2/c1-6-9-12-15-18-21-24-27-30-32-33-34-35-36-39-42-45-48-55-60-65-70-83(88)100-79(73-94-81(86)67-62-57-52-46-43-40-38-31-28-25-22-19-16-13-10-7-2)75-98-102(90,91)96-71-78(85)72-97-103(92,93)99-76-80(74-95-82(87)68-63-58-53-50-49-51-56-61-66-77(4)5)101-84(89)69-64-59-54-47-44-41-37-29-26-23-20-17-14-11-8-3/h23,26,29,37,77-80,85H,6-22,24-25,27-28,30-36,38-76H2,1-5H3,(H,90,91)(H,92,93)/b26-23-,37-29-/t78-,79-,80-/m1/s1. The molecular weight excluding hydrogens is 1340 g/mol. The fourth-order valence-corrected chi connectivity index (χ4v) is 14.2. The fraction of sp³-hybridized carbons (Fsp3) is 0.905. The molecule has 19 heteroatoms. The van der Waals surface area contributed by atoms with Crippen LogP contribution in [0.15, 0.2) is 24.3 Å². The Morgan fingerprint density at radius 2 is 0.524 bits per heavy atom. The summed E-state index contributed by atoms with van der Waals surface area (Å²) >= 11 is 0. The number of aliphatic hydroxyl groups is 1. The summed E-state index contributed by atoms with van der Waals surface area (Å²) < 4.78 is 68.8. The van der Waals surface area contributed by atoms with E-state index in [4.69, 9.17) is 37.0 Å². The molecule has 5 atom stereocenters. The van der Waals surface area contributed by atoms with Crippen LogP contribution >= 0.6 is 15.6 Å². The highest BCUT2D eigenvalue weighted by atomic mass is 31.2. The van der Waals surface area contributed by atoms with Crippen molar-refractivity contribution >= 4 is 39.5 Å². The first kappa shape index (κ1) is 101. The van der Waals surface area contributed by atoms with E-state index in [0.29, 0.717) is 25.7 Å². The minimum absolute atomic E-state index is 0.0849. The van der Waals surface area contributed by atoms with Crippen molar-refractivity contribution in [2.45, 2.75) is 445 Å². The predicted molar refractivity (Wildman–Crippen MR) is 423 cm³/mol.